The van der Waals surface area contributed by atoms with E-state index < -0.39 is 22.3 Å². The van der Waals surface area contributed by atoms with E-state index in [1.165, 1.54) is 19.1 Å². The average Bonchev–Trinajstić information content (AvgIpc) is 2.37. The monoisotopic (exact) mass is 289 g/mol. The second-order valence-electron chi connectivity index (χ2n) is 3.93. The molecule has 2 N–H and O–H groups in total. The van der Waals surface area contributed by atoms with Crippen molar-refractivity contribution in [3.63, 3.8) is 0 Å². The maximum absolute atomic E-state index is 13.5. The van der Waals surface area contributed by atoms with Crippen LogP contribution in [0.3, 0.4) is 0 Å². The van der Waals surface area contributed by atoms with Crippen molar-refractivity contribution in [1.29, 1.82) is 5.26 Å². The molecule has 0 radical (unpaired) electrons. The Morgan fingerprint density at radius 1 is 1.48 bits per heavy atom. The van der Waals surface area contributed by atoms with E-state index in [1.807, 2.05) is 0 Å². The Bertz CT molecular complexity index is 772. The van der Waals surface area contributed by atoms with E-state index in [4.69, 9.17) is 15.7 Å². The molecule has 2 aromatic rings. The molecule has 2 rings (SSSR count). The molecule has 0 aliphatic carbocycles. The second kappa shape index (κ2) is 5.38. The molecule has 0 bridgehead atoms. The van der Waals surface area contributed by atoms with Gasteiger partial charge in [0.05, 0.1) is 10.5 Å². The van der Waals surface area contributed by atoms with Crippen LogP contribution in [0.5, 0.6) is 11.6 Å². The third-order valence-electron chi connectivity index (χ3n) is 2.50. The molecule has 0 saturated heterocycles. The van der Waals surface area contributed by atoms with Gasteiger partial charge in [0, 0.05) is 6.07 Å². The first-order valence-corrected chi connectivity index (χ1v) is 5.58. The zero-order valence-corrected chi connectivity index (χ0v) is 10.7. The highest BCUT2D eigenvalue weighted by molar-refractivity contribution is 5.49. The molecular formula is C12H8FN5O3. The first-order chi connectivity index (χ1) is 9.92. The lowest BCUT2D eigenvalue weighted by Crippen LogP contribution is -2.04. The van der Waals surface area contributed by atoms with Crippen LogP contribution in [0.4, 0.5) is 16.0 Å². The number of nitrogens with zero attached hydrogens (tertiary/aromatic N) is 4. The minimum absolute atomic E-state index is 0.0246. The number of aromatic nitrogens is 2. The van der Waals surface area contributed by atoms with E-state index in [9.17, 15) is 14.5 Å². The fraction of sp³-hybridized carbons (Fsp3) is 0.0833. The highest BCUT2D eigenvalue weighted by Crippen LogP contribution is 2.32. The minimum Gasteiger partial charge on any atom is -0.433 e. The summed E-state index contributed by atoms with van der Waals surface area (Å²) in [5.41, 5.74) is 4.81. The topological polar surface area (TPSA) is 128 Å². The molecule has 8 nitrogen and oxygen atoms in total. The first kappa shape index (κ1) is 14.1. The van der Waals surface area contributed by atoms with E-state index in [2.05, 4.69) is 9.97 Å². The highest BCUT2D eigenvalue weighted by Gasteiger charge is 2.23. The van der Waals surface area contributed by atoms with Crippen LogP contribution in [0.25, 0.3) is 0 Å². The van der Waals surface area contributed by atoms with E-state index in [-0.39, 0.29) is 23.0 Å². The van der Waals surface area contributed by atoms with Crippen molar-refractivity contribution in [2.45, 2.75) is 6.92 Å². The van der Waals surface area contributed by atoms with Gasteiger partial charge in [0.15, 0.2) is 0 Å². The molecule has 21 heavy (non-hydrogen) atoms. The normalized spacial score (nSPS) is 9.95. The Labute approximate surface area is 117 Å². The standard InChI is InChI=1S/C12H8FN5O3/c1-6-10(18(19)20)11(17-12(15)16-6)21-8-3-2-7(5-14)9(13)4-8/h2-4H,1H3,(H2,15,16,17). The van der Waals surface area contributed by atoms with Crippen LogP contribution < -0.4 is 10.5 Å². The predicted molar refractivity (Wildman–Crippen MR) is 69.0 cm³/mol. The summed E-state index contributed by atoms with van der Waals surface area (Å²) >= 11 is 0. The smallest absolute Gasteiger partial charge is 0.352 e. The second-order valence-corrected chi connectivity index (χ2v) is 3.93. The number of aryl methyl sites for hydroxylation is 1. The van der Waals surface area contributed by atoms with Crippen molar-refractivity contribution < 1.29 is 14.1 Å². The number of nitrogen functional groups attached to an aromatic ring is 1. The van der Waals surface area contributed by atoms with Crippen LogP contribution >= 0.6 is 0 Å². The number of nitriles is 1. The van der Waals surface area contributed by atoms with E-state index in [0.717, 1.165) is 6.07 Å². The zero-order valence-electron chi connectivity index (χ0n) is 10.7. The maximum Gasteiger partial charge on any atom is 0.352 e. The summed E-state index contributed by atoms with van der Waals surface area (Å²) in [5, 5.41) is 19.6. The highest BCUT2D eigenvalue weighted by atomic mass is 19.1. The number of benzene rings is 1. The number of halogens is 1. The zero-order chi connectivity index (χ0) is 15.6. The third kappa shape index (κ3) is 2.84. The molecule has 9 heteroatoms. The van der Waals surface area contributed by atoms with Crippen LogP contribution in [0.1, 0.15) is 11.3 Å². The summed E-state index contributed by atoms with van der Waals surface area (Å²) in [6, 6.07) is 5.06. The van der Waals surface area contributed by atoms with Crippen molar-refractivity contribution in [1.82, 2.24) is 9.97 Å². The van der Waals surface area contributed by atoms with Crippen LogP contribution in [0.15, 0.2) is 18.2 Å². The number of nitro groups is 1. The summed E-state index contributed by atoms with van der Waals surface area (Å²) < 4.78 is 18.7. The van der Waals surface area contributed by atoms with Gasteiger partial charge in [-0.05, 0) is 19.1 Å². The molecule has 0 aliphatic rings. The lowest BCUT2D eigenvalue weighted by Gasteiger charge is -2.07. The third-order valence-corrected chi connectivity index (χ3v) is 2.50. The molecule has 0 amide bonds. The summed E-state index contributed by atoms with van der Waals surface area (Å²) in [6.07, 6.45) is 0. The van der Waals surface area contributed by atoms with Crippen LogP contribution in [0, 0.1) is 34.2 Å². The molecule has 0 unspecified atom stereocenters. The van der Waals surface area contributed by atoms with Crippen LogP contribution in [-0.2, 0) is 0 Å². The Kier molecular flexibility index (Phi) is 3.62. The number of anilines is 1. The number of ether oxygens (including phenoxy) is 1. The van der Waals surface area contributed by atoms with Crippen molar-refractivity contribution >= 4 is 11.6 Å². The largest absolute Gasteiger partial charge is 0.433 e. The van der Waals surface area contributed by atoms with Crippen molar-refractivity contribution in [3.8, 4) is 17.7 Å². The van der Waals surface area contributed by atoms with Gasteiger partial charge >= 0.3 is 11.6 Å². The molecule has 106 valence electrons. The summed E-state index contributed by atoms with van der Waals surface area (Å²) in [7, 11) is 0. The quantitative estimate of drug-likeness (QED) is 0.676. The number of rotatable bonds is 3. The van der Waals surface area contributed by atoms with Gasteiger partial charge in [0.1, 0.15) is 23.3 Å². The summed E-state index contributed by atoms with van der Waals surface area (Å²) in [6.45, 7) is 1.38. The lowest BCUT2D eigenvalue weighted by molar-refractivity contribution is -0.386. The molecule has 1 aromatic heterocycles. The van der Waals surface area contributed by atoms with Gasteiger partial charge < -0.3 is 10.5 Å². The molecule has 0 aliphatic heterocycles. The predicted octanol–water partition coefficient (Wildman–Crippen LogP) is 2.08. The van der Waals surface area contributed by atoms with E-state index in [0.29, 0.717) is 0 Å². The summed E-state index contributed by atoms with van der Waals surface area (Å²) in [5.74, 6) is -1.46. The van der Waals surface area contributed by atoms with E-state index in [1.54, 1.807) is 6.07 Å². The van der Waals surface area contributed by atoms with Crippen LogP contribution in [0.2, 0.25) is 0 Å². The minimum atomic E-state index is -0.809. The van der Waals surface area contributed by atoms with Gasteiger partial charge in [0.25, 0.3) is 0 Å². The Morgan fingerprint density at radius 3 is 2.76 bits per heavy atom. The molecule has 0 saturated carbocycles. The first-order valence-electron chi connectivity index (χ1n) is 5.58. The van der Waals surface area contributed by atoms with Crippen LogP contribution in [-0.4, -0.2) is 14.9 Å². The van der Waals surface area contributed by atoms with Gasteiger partial charge in [0.2, 0.25) is 5.95 Å². The number of hydrogen-bond acceptors (Lipinski definition) is 7. The Hall–Kier alpha value is -3.28. The molecular weight excluding hydrogens is 281 g/mol. The summed E-state index contributed by atoms with van der Waals surface area (Å²) in [4.78, 5) is 17.6. The molecule has 0 atom stereocenters. The van der Waals surface area contributed by atoms with Gasteiger partial charge in [-0.15, -0.1) is 0 Å². The number of hydrogen-bond donors (Lipinski definition) is 1. The van der Waals surface area contributed by atoms with Gasteiger partial charge in [-0.2, -0.15) is 10.2 Å². The van der Waals surface area contributed by atoms with Gasteiger partial charge in [-0.3, -0.25) is 10.1 Å². The SMILES string of the molecule is Cc1nc(N)nc(Oc2ccc(C#N)c(F)c2)c1[N+](=O)[O-]. The lowest BCUT2D eigenvalue weighted by atomic mass is 10.2. The number of nitrogens with two attached hydrogens (primary N) is 1. The van der Waals surface area contributed by atoms with Crippen molar-refractivity contribution in [2.75, 3.05) is 5.73 Å². The van der Waals surface area contributed by atoms with Crippen molar-refractivity contribution in [3.05, 3.63) is 45.4 Å². The molecule has 0 fully saturated rings. The van der Waals surface area contributed by atoms with Crippen molar-refractivity contribution in [2.24, 2.45) is 0 Å². The fourth-order valence-electron chi connectivity index (χ4n) is 1.60. The molecule has 0 spiro atoms. The maximum atomic E-state index is 13.5. The molecule has 1 heterocycles. The Balaban J connectivity index is 2.47. The van der Waals surface area contributed by atoms with Gasteiger partial charge in [-0.25, -0.2) is 9.37 Å². The fourth-order valence-corrected chi connectivity index (χ4v) is 1.60. The average molecular weight is 289 g/mol. The Morgan fingerprint density at radius 2 is 2.19 bits per heavy atom. The molecule has 1 aromatic carbocycles. The van der Waals surface area contributed by atoms with E-state index >= 15 is 0 Å². The van der Waals surface area contributed by atoms with Gasteiger partial charge in [-0.1, -0.05) is 0 Å².